The topological polar surface area (TPSA) is 92.4 Å². The molecule has 5 heteroatoms. The molecule has 0 bridgehead atoms. The van der Waals surface area contributed by atoms with E-state index >= 15 is 0 Å². The van der Waals surface area contributed by atoms with Gasteiger partial charge in [0.25, 0.3) is 5.91 Å². The van der Waals surface area contributed by atoms with Crippen molar-refractivity contribution >= 4 is 11.9 Å². The molecule has 1 amide bonds. The van der Waals surface area contributed by atoms with Crippen LogP contribution in [0.4, 0.5) is 0 Å². The van der Waals surface area contributed by atoms with Crippen molar-refractivity contribution in [1.29, 1.82) is 0 Å². The van der Waals surface area contributed by atoms with E-state index in [0.717, 1.165) is 12.0 Å². The van der Waals surface area contributed by atoms with Crippen molar-refractivity contribution < 1.29 is 14.7 Å². The second-order valence-corrected chi connectivity index (χ2v) is 3.65. The zero-order valence-corrected chi connectivity index (χ0v) is 9.64. The zero-order chi connectivity index (χ0) is 12.8. The molecule has 0 radical (unpaired) electrons. The van der Waals surface area contributed by atoms with Crippen LogP contribution in [0.25, 0.3) is 0 Å². The Bertz CT molecular complexity index is 418. The number of carboxylic acids is 1. The third-order valence-electron chi connectivity index (χ3n) is 2.44. The number of hydrogen-bond acceptors (Lipinski definition) is 3. The van der Waals surface area contributed by atoms with E-state index in [2.05, 4.69) is 5.32 Å². The van der Waals surface area contributed by atoms with Gasteiger partial charge >= 0.3 is 5.97 Å². The minimum Gasteiger partial charge on any atom is -0.480 e. The van der Waals surface area contributed by atoms with Crippen LogP contribution in [0, 0.1) is 0 Å². The number of carboxylic acid groups (broad SMARTS) is 1. The molecule has 0 heterocycles. The van der Waals surface area contributed by atoms with Crippen LogP contribution >= 0.6 is 0 Å². The van der Waals surface area contributed by atoms with Gasteiger partial charge in [0.05, 0.1) is 0 Å². The summed E-state index contributed by atoms with van der Waals surface area (Å²) in [7, 11) is 0. The van der Waals surface area contributed by atoms with Gasteiger partial charge in [0.1, 0.15) is 6.04 Å². The highest BCUT2D eigenvalue weighted by Gasteiger charge is 2.18. The number of aryl methyl sites for hydroxylation is 1. The summed E-state index contributed by atoms with van der Waals surface area (Å²) in [5.41, 5.74) is 6.73. The molecule has 1 atom stereocenters. The van der Waals surface area contributed by atoms with Crippen molar-refractivity contribution in [3.63, 3.8) is 0 Å². The van der Waals surface area contributed by atoms with Crippen LogP contribution in [0.1, 0.15) is 22.8 Å². The van der Waals surface area contributed by atoms with Crippen LogP contribution < -0.4 is 11.1 Å². The van der Waals surface area contributed by atoms with Crippen molar-refractivity contribution in [2.75, 3.05) is 6.54 Å². The first-order chi connectivity index (χ1) is 8.08. The van der Waals surface area contributed by atoms with Crippen LogP contribution in [0.5, 0.6) is 0 Å². The maximum atomic E-state index is 11.8. The molecule has 4 N–H and O–H groups in total. The molecule has 0 unspecified atom stereocenters. The predicted octanol–water partition coefficient (Wildman–Crippen LogP) is 0.391. The molecule has 0 spiro atoms. The standard InChI is InChI=1S/C12H16N2O3/c1-2-8-4-3-5-9(6-8)11(15)14-10(7-13)12(16)17/h3-6,10H,2,7,13H2,1H3,(H,14,15)(H,16,17)/t10-/m0/s1. The van der Waals surface area contributed by atoms with Gasteiger partial charge in [-0.15, -0.1) is 0 Å². The minimum absolute atomic E-state index is 0.130. The number of rotatable bonds is 5. The molecule has 92 valence electrons. The molecule has 0 aliphatic rings. The molecule has 0 saturated heterocycles. The predicted molar refractivity (Wildman–Crippen MR) is 63.8 cm³/mol. The highest BCUT2D eigenvalue weighted by Crippen LogP contribution is 2.06. The van der Waals surface area contributed by atoms with Gasteiger partial charge in [0.2, 0.25) is 0 Å². The van der Waals surface area contributed by atoms with E-state index in [4.69, 9.17) is 10.8 Å². The Morgan fingerprint density at radius 1 is 1.47 bits per heavy atom. The Labute approximate surface area is 99.6 Å². The second-order valence-electron chi connectivity index (χ2n) is 3.65. The van der Waals surface area contributed by atoms with Crippen LogP contribution in [0.15, 0.2) is 24.3 Å². The molecular weight excluding hydrogens is 220 g/mol. The minimum atomic E-state index is -1.13. The van der Waals surface area contributed by atoms with Crippen LogP contribution in [0.3, 0.4) is 0 Å². The lowest BCUT2D eigenvalue weighted by Gasteiger charge is -2.12. The fourth-order valence-electron chi connectivity index (χ4n) is 1.40. The van der Waals surface area contributed by atoms with Gasteiger partial charge in [-0.05, 0) is 24.1 Å². The molecule has 5 nitrogen and oxygen atoms in total. The number of nitrogens with one attached hydrogen (secondary N) is 1. The Morgan fingerprint density at radius 2 is 2.18 bits per heavy atom. The summed E-state index contributed by atoms with van der Waals surface area (Å²) in [6.07, 6.45) is 0.820. The number of carbonyl (C=O) groups excluding carboxylic acids is 1. The summed E-state index contributed by atoms with van der Waals surface area (Å²) in [5.74, 6) is -1.55. The van der Waals surface area contributed by atoms with Gasteiger partial charge in [-0.1, -0.05) is 19.1 Å². The normalized spacial score (nSPS) is 11.9. The maximum absolute atomic E-state index is 11.8. The summed E-state index contributed by atoms with van der Waals surface area (Å²) in [6.45, 7) is 1.85. The summed E-state index contributed by atoms with van der Waals surface area (Å²) >= 11 is 0. The Kier molecular flexibility index (Phi) is 4.66. The van der Waals surface area contributed by atoms with E-state index in [0.29, 0.717) is 5.56 Å². The summed E-state index contributed by atoms with van der Waals surface area (Å²) in [6, 6.07) is 6.02. The largest absolute Gasteiger partial charge is 0.480 e. The van der Waals surface area contributed by atoms with Crippen LogP contribution in [0.2, 0.25) is 0 Å². The van der Waals surface area contributed by atoms with Crippen molar-refractivity contribution in [3.05, 3.63) is 35.4 Å². The third-order valence-corrected chi connectivity index (χ3v) is 2.44. The van der Waals surface area contributed by atoms with Crippen LogP contribution in [-0.2, 0) is 11.2 Å². The first kappa shape index (κ1) is 13.2. The molecule has 0 saturated carbocycles. The lowest BCUT2D eigenvalue weighted by Crippen LogP contribution is -2.45. The molecule has 0 aliphatic carbocycles. The highest BCUT2D eigenvalue weighted by molar-refractivity contribution is 5.96. The van der Waals surface area contributed by atoms with Crippen LogP contribution in [-0.4, -0.2) is 29.6 Å². The number of carbonyl (C=O) groups is 2. The molecule has 1 aromatic rings. The zero-order valence-electron chi connectivity index (χ0n) is 9.64. The van der Waals surface area contributed by atoms with Gasteiger partial charge in [-0.25, -0.2) is 4.79 Å². The SMILES string of the molecule is CCc1cccc(C(=O)N[C@@H](CN)C(=O)O)c1. The van der Waals surface area contributed by atoms with Gasteiger partial charge in [0.15, 0.2) is 0 Å². The number of amides is 1. The van der Waals surface area contributed by atoms with Crippen molar-refractivity contribution in [3.8, 4) is 0 Å². The number of hydrogen-bond donors (Lipinski definition) is 3. The summed E-state index contributed by atoms with van der Waals surface area (Å²) in [4.78, 5) is 22.5. The van der Waals surface area contributed by atoms with Gasteiger partial charge in [-0.2, -0.15) is 0 Å². The van der Waals surface area contributed by atoms with Gasteiger partial charge < -0.3 is 16.2 Å². The number of aliphatic carboxylic acids is 1. The average Bonchev–Trinajstić information content (AvgIpc) is 2.35. The molecule has 0 aromatic heterocycles. The Morgan fingerprint density at radius 3 is 2.71 bits per heavy atom. The quantitative estimate of drug-likeness (QED) is 0.689. The van der Waals surface area contributed by atoms with E-state index in [1.165, 1.54) is 0 Å². The number of nitrogens with two attached hydrogens (primary N) is 1. The first-order valence-electron chi connectivity index (χ1n) is 5.41. The Balaban J connectivity index is 2.78. The number of benzene rings is 1. The van der Waals surface area contributed by atoms with E-state index in [9.17, 15) is 9.59 Å². The second kappa shape index (κ2) is 6.00. The smallest absolute Gasteiger partial charge is 0.327 e. The third kappa shape index (κ3) is 3.57. The van der Waals surface area contributed by atoms with E-state index in [-0.39, 0.29) is 6.54 Å². The van der Waals surface area contributed by atoms with E-state index in [1.807, 2.05) is 13.0 Å². The van der Waals surface area contributed by atoms with E-state index < -0.39 is 17.9 Å². The summed E-state index contributed by atoms with van der Waals surface area (Å²) < 4.78 is 0. The Hall–Kier alpha value is -1.88. The van der Waals surface area contributed by atoms with Crippen molar-refractivity contribution in [2.24, 2.45) is 5.73 Å². The molecule has 1 rings (SSSR count). The fourth-order valence-corrected chi connectivity index (χ4v) is 1.40. The average molecular weight is 236 g/mol. The molecule has 1 aromatic carbocycles. The lowest BCUT2D eigenvalue weighted by atomic mass is 10.1. The van der Waals surface area contributed by atoms with Gasteiger partial charge in [0, 0.05) is 12.1 Å². The van der Waals surface area contributed by atoms with E-state index in [1.54, 1.807) is 18.2 Å². The maximum Gasteiger partial charge on any atom is 0.327 e. The van der Waals surface area contributed by atoms with Crippen molar-refractivity contribution in [1.82, 2.24) is 5.32 Å². The fraction of sp³-hybridized carbons (Fsp3) is 0.333. The summed E-state index contributed by atoms with van der Waals surface area (Å²) in [5, 5.41) is 11.1. The highest BCUT2D eigenvalue weighted by atomic mass is 16.4. The molecule has 0 fully saturated rings. The first-order valence-corrected chi connectivity index (χ1v) is 5.41. The monoisotopic (exact) mass is 236 g/mol. The molecule has 0 aliphatic heterocycles. The van der Waals surface area contributed by atoms with Crippen molar-refractivity contribution in [2.45, 2.75) is 19.4 Å². The molecule has 17 heavy (non-hydrogen) atoms. The molecular formula is C12H16N2O3. The van der Waals surface area contributed by atoms with Gasteiger partial charge in [-0.3, -0.25) is 4.79 Å². The lowest BCUT2D eigenvalue weighted by molar-refractivity contribution is -0.138.